The summed E-state index contributed by atoms with van der Waals surface area (Å²) in [5.41, 5.74) is 2.02. The zero-order chi connectivity index (χ0) is 18.6. The highest BCUT2D eigenvalue weighted by molar-refractivity contribution is 7.15. The molecule has 0 aliphatic heterocycles. The minimum atomic E-state index is -0.134. The molecule has 0 bridgehead atoms. The van der Waals surface area contributed by atoms with Crippen LogP contribution in [-0.4, -0.2) is 14.6 Å². The summed E-state index contributed by atoms with van der Waals surface area (Å²) >= 11 is 13.0. The highest BCUT2D eigenvalue weighted by atomic mass is 35.5. The molecule has 0 spiro atoms. The molecule has 0 unspecified atom stereocenters. The number of hydrogen-bond donors (Lipinski definition) is 0. The average Bonchev–Trinajstić information content (AvgIpc) is 2.86. The number of fused-ring (bicyclic) bond motifs is 1. The number of benzene rings is 1. The maximum atomic E-state index is 12.7. The second kappa shape index (κ2) is 6.19. The zero-order valence-corrected chi connectivity index (χ0v) is 16.9. The van der Waals surface area contributed by atoms with Crippen molar-refractivity contribution in [3.8, 4) is 0 Å². The fraction of sp³-hybridized carbons (Fsp3) is 0.316. The molecule has 1 aliphatic carbocycles. The van der Waals surface area contributed by atoms with Gasteiger partial charge in [0.25, 0.3) is 5.56 Å². The quantitative estimate of drug-likeness (QED) is 0.659. The Bertz CT molecular complexity index is 1120. The van der Waals surface area contributed by atoms with Crippen LogP contribution in [0.2, 0.25) is 0 Å². The number of allylic oxidation sites excluding steroid dienone is 1. The van der Waals surface area contributed by atoms with Crippen LogP contribution in [0.15, 0.2) is 39.6 Å². The van der Waals surface area contributed by atoms with Crippen molar-refractivity contribution in [2.75, 3.05) is 0 Å². The highest BCUT2D eigenvalue weighted by Gasteiger charge is 2.59. The normalized spacial score (nSPS) is 22.0. The fourth-order valence-corrected chi connectivity index (χ4v) is 4.60. The molecular formula is C19H17Cl2N3OS. The zero-order valence-electron chi connectivity index (χ0n) is 14.5. The Morgan fingerprint density at radius 2 is 1.96 bits per heavy atom. The molecule has 1 saturated carbocycles. The van der Waals surface area contributed by atoms with Crippen LogP contribution in [0.4, 0.5) is 0 Å². The summed E-state index contributed by atoms with van der Waals surface area (Å²) in [6, 6.07) is 8.04. The van der Waals surface area contributed by atoms with Crippen LogP contribution >= 0.6 is 34.5 Å². The summed E-state index contributed by atoms with van der Waals surface area (Å²) < 4.78 is 2.29. The molecule has 2 atom stereocenters. The first-order valence-corrected chi connectivity index (χ1v) is 9.85. The summed E-state index contributed by atoms with van der Waals surface area (Å²) in [7, 11) is 0. The number of rotatable bonds is 3. The monoisotopic (exact) mass is 405 g/mol. The minimum Gasteiger partial charge on any atom is -0.266 e. The molecule has 7 heteroatoms. The van der Waals surface area contributed by atoms with Gasteiger partial charge in [-0.15, -0.1) is 5.10 Å². The first-order chi connectivity index (χ1) is 12.3. The maximum Gasteiger partial charge on any atom is 0.291 e. The lowest BCUT2D eigenvalue weighted by molar-refractivity contribution is 0.585. The summed E-state index contributed by atoms with van der Waals surface area (Å²) in [6.07, 6.45) is 3.71. The van der Waals surface area contributed by atoms with E-state index >= 15 is 0 Å². The number of aryl methyl sites for hydroxylation is 1. The van der Waals surface area contributed by atoms with E-state index in [0.29, 0.717) is 15.3 Å². The van der Waals surface area contributed by atoms with Crippen molar-refractivity contribution >= 4 is 45.6 Å². The van der Waals surface area contributed by atoms with Crippen LogP contribution in [0.3, 0.4) is 0 Å². The van der Waals surface area contributed by atoms with Crippen LogP contribution in [0, 0.1) is 18.3 Å². The number of thiazole rings is 1. The molecule has 0 N–H and O–H groups in total. The minimum absolute atomic E-state index is 0.0219. The van der Waals surface area contributed by atoms with Gasteiger partial charge in [0.15, 0.2) is 5.82 Å². The van der Waals surface area contributed by atoms with Crippen molar-refractivity contribution in [2.24, 2.45) is 11.3 Å². The third kappa shape index (κ3) is 2.98. The molecule has 1 aromatic carbocycles. The van der Waals surface area contributed by atoms with Crippen molar-refractivity contribution in [1.82, 2.24) is 14.6 Å². The average molecular weight is 406 g/mol. The van der Waals surface area contributed by atoms with E-state index in [9.17, 15) is 4.79 Å². The molecule has 134 valence electrons. The molecule has 2 heterocycles. The number of nitrogens with zero attached hydrogens (tertiary/aromatic N) is 3. The lowest BCUT2D eigenvalue weighted by Crippen LogP contribution is -2.23. The van der Waals surface area contributed by atoms with Crippen molar-refractivity contribution in [3.63, 3.8) is 0 Å². The van der Waals surface area contributed by atoms with E-state index in [0.717, 1.165) is 5.56 Å². The van der Waals surface area contributed by atoms with Crippen molar-refractivity contribution in [2.45, 2.75) is 26.7 Å². The number of hydrogen-bond acceptors (Lipinski definition) is 4. The fourth-order valence-electron chi connectivity index (χ4n) is 3.41. The predicted octanol–water partition coefficient (Wildman–Crippen LogP) is 4.07. The molecule has 2 aromatic heterocycles. The van der Waals surface area contributed by atoms with Crippen molar-refractivity contribution < 1.29 is 0 Å². The van der Waals surface area contributed by atoms with Gasteiger partial charge in [0, 0.05) is 5.92 Å². The molecule has 1 aliphatic rings. The number of halogens is 2. The maximum absolute atomic E-state index is 12.7. The Kier molecular flexibility index (Phi) is 4.21. The summed E-state index contributed by atoms with van der Waals surface area (Å²) in [5.74, 6) is 0.973. The van der Waals surface area contributed by atoms with Gasteiger partial charge in [-0.1, -0.05) is 78.2 Å². The van der Waals surface area contributed by atoms with E-state index in [-0.39, 0.29) is 27.3 Å². The SMILES string of the molecule is Cc1ccc(/C=c2\sc3nc([C@@H]4[C@@H](C=C(Cl)Cl)C4(C)C)nn3c2=O)cc1. The third-order valence-electron chi connectivity index (χ3n) is 5.07. The molecule has 0 radical (unpaired) electrons. The van der Waals surface area contributed by atoms with Crippen molar-refractivity contribution in [1.29, 1.82) is 0 Å². The van der Waals surface area contributed by atoms with Crippen LogP contribution in [0.1, 0.15) is 36.7 Å². The first kappa shape index (κ1) is 17.7. The van der Waals surface area contributed by atoms with E-state index in [1.807, 2.05) is 43.3 Å². The Morgan fingerprint density at radius 3 is 2.58 bits per heavy atom. The van der Waals surface area contributed by atoms with Gasteiger partial charge in [0.2, 0.25) is 4.96 Å². The predicted molar refractivity (Wildman–Crippen MR) is 107 cm³/mol. The Labute approximate surface area is 164 Å². The summed E-state index contributed by atoms with van der Waals surface area (Å²) in [5, 5.41) is 4.47. The molecule has 26 heavy (non-hydrogen) atoms. The highest BCUT2D eigenvalue weighted by Crippen LogP contribution is 2.64. The van der Waals surface area contributed by atoms with Gasteiger partial charge in [-0.05, 0) is 36.0 Å². The van der Waals surface area contributed by atoms with Crippen LogP contribution in [0.5, 0.6) is 0 Å². The van der Waals surface area contributed by atoms with Crippen LogP contribution in [0.25, 0.3) is 11.0 Å². The largest absolute Gasteiger partial charge is 0.291 e. The molecule has 4 rings (SSSR count). The standard InChI is InChI=1S/C19H17Cl2N3OS/c1-10-4-6-11(7-5-10)8-13-17(25)24-18(26-13)22-16(23-24)15-12(9-14(20)21)19(15,2)3/h4-9,12,15H,1-3H3/b13-8-/t12-,15+/m1/s1. The van der Waals surface area contributed by atoms with Gasteiger partial charge in [0.05, 0.1) is 4.53 Å². The summed E-state index contributed by atoms with van der Waals surface area (Å²) in [6.45, 7) is 6.28. The Hall–Kier alpha value is -1.69. The number of aromatic nitrogens is 3. The van der Waals surface area contributed by atoms with Gasteiger partial charge < -0.3 is 0 Å². The van der Waals surface area contributed by atoms with Gasteiger partial charge >= 0.3 is 0 Å². The van der Waals surface area contributed by atoms with E-state index in [1.54, 1.807) is 0 Å². The van der Waals surface area contributed by atoms with Crippen molar-refractivity contribution in [3.05, 3.63) is 66.7 Å². The second-order valence-electron chi connectivity index (χ2n) is 7.27. The molecule has 3 aromatic rings. The van der Waals surface area contributed by atoms with Gasteiger partial charge in [-0.3, -0.25) is 4.79 Å². The van der Waals surface area contributed by atoms with E-state index < -0.39 is 0 Å². The van der Waals surface area contributed by atoms with E-state index in [1.165, 1.54) is 21.4 Å². The smallest absolute Gasteiger partial charge is 0.266 e. The van der Waals surface area contributed by atoms with Gasteiger partial charge in [-0.25, -0.2) is 4.98 Å². The van der Waals surface area contributed by atoms with E-state index in [2.05, 4.69) is 23.9 Å². The van der Waals surface area contributed by atoms with Gasteiger partial charge in [0.1, 0.15) is 4.49 Å². The lowest BCUT2D eigenvalue weighted by Gasteiger charge is -1.97. The summed E-state index contributed by atoms with van der Waals surface area (Å²) in [4.78, 5) is 17.9. The molecule has 1 fully saturated rings. The molecular weight excluding hydrogens is 389 g/mol. The van der Waals surface area contributed by atoms with Gasteiger partial charge in [-0.2, -0.15) is 4.52 Å². The Morgan fingerprint density at radius 1 is 1.27 bits per heavy atom. The second-order valence-corrected chi connectivity index (χ2v) is 9.29. The molecule has 4 nitrogen and oxygen atoms in total. The third-order valence-corrected chi connectivity index (χ3v) is 6.28. The molecule has 0 amide bonds. The molecule has 0 saturated heterocycles. The topological polar surface area (TPSA) is 47.3 Å². The van der Waals surface area contributed by atoms with E-state index in [4.69, 9.17) is 23.2 Å². The lowest BCUT2D eigenvalue weighted by atomic mass is 10.1. The Balaban J connectivity index is 1.72. The van der Waals surface area contributed by atoms with Crippen LogP contribution in [-0.2, 0) is 0 Å². The van der Waals surface area contributed by atoms with Crippen LogP contribution < -0.4 is 10.1 Å². The first-order valence-electron chi connectivity index (χ1n) is 8.28.